The molecular formula is C18H30O4. The Balaban J connectivity index is 1.93. The minimum atomic E-state index is -0.703. The maximum atomic E-state index is 11.8. The first kappa shape index (κ1) is 18.9. The van der Waals surface area contributed by atoms with Crippen LogP contribution >= 0.6 is 0 Å². The standard InChI is InChI=1S/C18H30O4/c1-2-3-9-12-15(19)18-16(22-18)13-10-7-5-4-6-8-11-14-17(20)21/h10,13,16,18H,2-9,11-12,14H2,1H3,(H,20,21)/b13-10-/t16-,18-/m1/s1. The van der Waals surface area contributed by atoms with Crippen molar-refractivity contribution in [3.63, 3.8) is 0 Å². The van der Waals surface area contributed by atoms with E-state index in [2.05, 4.69) is 13.0 Å². The smallest absolute Gasteiger partial charge is 0.303 e. The van der Waals surface area contributed by atoms with E-state index in [-0.39, 0.29) is 24.4 Å². The Morgan fingerprint density at radius 3 is 2.41 bits per heavy atom. The number of carboxylic acids is 1. The Bertz CT molecular complexity index is 362. The molecule has 0 unspecified atom stereocenters. The van der Waals surface area contributed by atoms with Crippen LogP contribution in [-0.2, 0) is 14.3 Å². The number of ketones is 1. The lowest BCUT2D eigenvalue weighted by molar-refractivity contribution is -0.137. The number of Topliss-reactive ketones (excluding diaryl/α,β-unsaturated/α-hetero) is 1. The van der Waals surface area contributed by atoms with Gasteiger partial charge >= 0.3 is 5.97 Å². The Hall–Kier alpha value is -1.16. The van der Waals surface area contributed by atoms with Crippen molar-refractivity contribution in [3.05, 3.63) is 12.2 Å². The van der Waals surface area contributed by atoms with Crippen LogP contribution in [0.3, 0.4) is 0 Å². The third-order valence-corrected chi connectivity index (χ3v) is 3.96. The van der Waals surface area contributed by atoms with Gasteiger partial charge in [-0.3, -0.25) is 9.59 Å². The molecule has 0 bridgehead atoms. The average molecular weight is 310 g/mol. The van der Waals surface area contributed by atoms with E-state index in [1.807, 2.05) is 6.08 Å². The zero-order valence-electron chi connectivity index (χ0n) is 13.8. The molecule has 1 aliphatic heterocycles. The summed E-state index contributed by atoms with van der Waals surface area (Å²) in [6.07, 6.45) is 14.3. The second kappa shape index (κ2) is 11.4. The lowest BCUT2D eigenvalue weighted by atomic mass is 10.1. The molecule has 0 radical (unpaired) electrons. The lowest BCUT2D eigenvalue weighted by Gasteiger charge is -1.98. The number of carbonyl (C=O) groups excluding carboxylic acids is 1. The first-order valence-corrected chi connectivity index (χ1v) is 8.71. The summed E-state index contributed by atoms with van der Waals surface area (Å²) in [5.41, 5.74) is 0. The summed E-state index contributed by atoms with van der Waals surface area (Å²) in [7, 11) is 0. The van der Waals surface area contributed by atoms with Crippen LogP contribution in [0.15, 0.2) is 12.2 Å². The molecule has 1 saturated heterocycles. The molecular weight excluding hydrogens is 280 g/mol. The van der Waals surface area contributed by atoms with Crippen LogP contribution in [0.2, 0.25) is 0 Å². The van der Waals surface area contributed by atoms with E-state index in [0.29, 0.717) is 6.42 Å². The number of aliphatic carboxylic acids is 1. The summed E-state index contributed by atoms with van der Waals surface area (Å²) >= 11 is 0. The Kier molecular flexibility index (Phi) is 9.80. The number of allylic oxidation sites excluding steroid dienone is 1. The summed E-state index contributed by atoms with van der Waals surface area (Å²) in [6, 6.07) is 0. The van der Waals surface area contributed by atoms with Crippen molar-refractivity contribution >= 4 is 11.8 Å². The molecule has 4 heteroatoms. The number of carboxylic acid groups (broad SMARTS) is 1. The summed E-state index contributed by atoms with van der Waals surface area (Å²) < 4.78 is 5.40. The summed E-state index contributed by atoms with van der Waals surface area (Å²) in [6.45, 7) is 2.13. The second-order valence-electron chi connectivity index (χ2n) is 6.07. The number of hydrogen-bond donors (Lipinski definition) is 1. The van der Waals surface area contributed by atoms with Crippen molar-refractivity contribution in [2.24, 2.45) is 0 Å². The number of unbranched alkanes of at least 4 members (excludes halogenated alkanes) is 7. The Morgan fingerprint density at radius 1 is 1.00 bits per heavy atom. The summed E-state index contributed by atoms with van der Waals surface area (Å²) in [5, 5.41) is 8.52. The molecule has 1 fully saturated rings. The van der Waals surface area contributed by atoms with E-state index in [1.165, 1.54) is 0 Å². The molecule has 1 N–H and O–H groups in total. The topological polar surface area (TPSA) is 66.9 Å². The minimum Gasteiger partial charge on any atom is -0.481 e. The molecule has 22 heavy (non-hydrogen) atoms. The highest BCUT2D eigenvalue weighted by molar-refractivity contribution is 5.86. The third kappa shape index (κ3) is 8.98. The van der Waals surface area contributed by atoms with Gasteiger partial charge in [-0.15, -0.1) is 0 Å². The first-order valence-electron chi connectivity index (χ1n) is 8.71. The molecule has 0 aromatic carbocycles. The van der Waals surface area contributed by atoms with Crippen molar-refractivity contribution in [1.82, 2.24) is 0 Å². The van der Waals surface area contributed by atoms with Crippen LogP contribution in [-0.4, -0.2) is 29.1 Å². The number of ether oxygens (including phenoxy) is 1. The molecule has 1 rings (SSSR count). The summed E-state index contributed by atoms with van der Waals surface area (Å²) in [4.78, 5) is 22.1. The maximum Gasteiger partial charge on any atom is 0.303 e. The largest absolute Gasteiger partial charge is 0.481 e. The number of hydrogen-bond acceptors (Lipinski definition) is 3. The quantitative estimate of drug-likeness (QED) is 0.295. The van der Waals surface area contributed by atoms with Gasteiger partial charge in [-0.1, -0.05) is 51.2 Å². The maximum absolute atomic E-state index is 11.8. The number of rotatable bonds is 14. The molecule has 4 nitrogen and oxygen atoms in total. The fourth-order valence-electron chi connectivity index (χ4n) is 2.52. The van der Waals surface area contributed by atoms with Gasteiger partial charge in [-0.25, -0.2) is 0 Å². The van der Waals surface area contributed by atoms with Gasteiger partial charge in [-0.05, 0) is 25.7 Å². The molecule has 1 aliphatic rings. The lowest BCUT2D eigenvalue weighted by Crippen LogP contribution is -2.08. The van der Waals surface area contributed by atoms with Gasteiger partial charge in [0.15, 0.2) is 5.78 Å². The molecule has 2 atom stereocenters. The van der Waals surface area contributed by atoms with Crippen LogP contribution < -0.4 is 0 Å². The van der Waals surface area contributed by atoms with E-state index in [4.69, 9.17) is 9.84 Å². The molecule has 0 saturated carbocycles. The molecule has 1 heterocycles. The van der Waals surface area contributed by atoms with E-state index < -0.39 is 5.97 Å². The van der Waals surface area contributed by atoms with E-state index >= 15 is 0 Å². The zero-order chi connectivity index (χ0) is 16.2. The van der Waals surface area contributed by atoms with Crippen LogP contribution in [0.4, 0.5) is 0 Å². The zero-order valence-corrected chi connectivity index (χ0v) is 13.8. The van der Waals surface area contributed by atoms with Gasteiger partial charge in [0.25, 0.3) is 0 Å². The monoisotopic (exact) mass is 310 g/mol. The SMILES string of the molecule is CCCCCC(=O)[C@H]1O[C@@H]1/C=C\CCCCCCCC(=O)O. The van der Waals surface area contributed by atoms with Gasteiger partial charge in [-0.2, -0.15) is 0 Å². The molecule has 0 aromatic rings. The highest BCUT2D eigenvalue weighted by atomic mass is 16.6. The van der Waals surface area contributed by atoms with Crippen molar-refractivity contribution in [2.45, 2.75) is 89.8 Å². The average Bonchev–Trinajstić information content (AvgIpc) is 3.25. The van der Waals surface area contributed by atoms with Gasteiger partial charge in [0.2, 0.25) is 0 Å². The normalized spacial score (nSPS) is 20.4. The first-order chi connectivity index (χ1) is 10.6. The highest BCUT2D eigenvalue weighted by Crippen LogP contribution is 2.26. The van der Waals surface area contributed by atoms with Gasteiger partial charge in [0.1, 0.15) is 12.2 Å². The Morgan fingerprint density at radius 2 is 1.68 bits per heavy atom. The van der Waals surface area contributed by atoms with E-state index in [1.54, 1.807) is 0 Å². The molecule has 0 aromatic heterocycles. The fourth-order valence-corrected chi connectivity index (χ4v) is 2.52. The van der Waals surface area contributed by atoms with Crippen molar-refractivity contribution < 1.29 is 19.4 Å². The van der Waals surface area contributed by atoms with Crippen molar-refractivity contribution in [2.75, 3.05) is 0 Å². The minimum absolute atomic E-state index is 0.0182. The molecule has 0 aliphatic carbocycles. The predicted octanol–water partition coefficient (Wildman–Crippen LogP) is 4.27. The van der Waals surface area contributed by atoms with Crippen molar-refractivity contribution in [3.8, 4) is 0 Å². The van der Waals surface area contributed by atoms with Gasteiger partial charge in [0, 0.05) is 12.8 Å². The molecule has 0 amide bonds. The Labute approximate surface area is 133 Å². The number of epoxide rings is 1. The van der Waals surface area contributed by atoms with Crippen molar-refractivity contribution in [1.29, 1.82) is 0 Å². The van der Waals surface area contributed by atoms with Gasteiger partial charge in [0.05, 0.1) is 0 Å². The number of carbonyl (C=O) groups is 2. The van der Waals surface area contributed by atoms with Crippen LogP contribution in [0.5, 0.6) is 0 Å². The van der Waals surface area contributed by atoms with E-state index in [0.717, 1.165) is 57.8 Å². The predicted molar refractivity (Wildman–Crippen MR) is 86.9 cm³/mol. The van der Waals surface area contributed by atoms with Crippen LogP contribution in [0.25, 0.3) is 0 Å². The molecule has 0 spiro atoms. The van der Waals surface area contributed by atoms with Crippen LogP contribution in [0, 0.1) is 0 Å². The second-order valence-corrected chi connectivity index (χ2v) is 6.07. The summed E-state index contributed by atoms with van der Waals surface area (Å²) in [5.74, 6) is -0.451. The highest BCUT2D eigenvalue weighted by Gasteiger charge is 2.41. The van der Waals surface area contributed by atoms with Crippen LogP contribution in [0.1, 0.15) is 77.6 Å². The third-order valence-electron chi connectivity index (χ3n) is 3.96. The molecule has 126 valence electrons. The van der Waals surface area contributed by atoms with E-state index in [9.17, 15) is 9.59 Å². The fraction of sp³-hybridized carbons (Fsp3) is 0.778. The van der Waals surface area contributed by atoms with Gasteiger partial charge < -0.3 is 9.84 Å².